The van der Waals surface area contributed by atoms with Crippen LogP contribution in [0.4, 0.5) is 5.69 Å². The highest BCUT2D eigenvalue weighted by Gasteiger charge is 2.35. The smallest absolute Gasteiger partial charge is 0.264 e. The van der Waals surface area contributed by atoms with Gasteiger partial charge < -0.3 is 10.2 Å². The second kappa shape index (κ2) is 15.4. The minimum atomic E-state index is -4.27. The molecule has 4 aromatic rings. The van der Waals surface area contributed by atoms with E-state index in [0.29, 0.717) is 6.42 Å². The van der Waals surface area contributed by atoms with Gasteiger partial charge in [-0.15, -0.1) is 0 Å². The van der Waals surface area contributed by atoms with Gasteiger partial charge in [0.1, 0.15) is 12.6 Å². The lowest BCUT2D eigenvalue weighted by molar-refractivity contribution is -0.140. The van der Waals surface area contributed by atoms with E-state index in [-0.39, 0.29) is 45.5 Å². The molecule has 7 nitrogen and oxygen atoms in total. The molecule has 0 radical (unpaired) electrons. The number of nitrogens with zero attached hydrogens (tertiary/aromatic N) is 2. The number of hydrogen-bond donors (Lipinski definition) is 1. The summed E-state index contributed by atoms with van der Waals surface area (Å²) < 4.78 is 29.3. The summed E-state index contributed by atoms with van der Waals surface area (Å²) in [5, 5.41) is 3.46. The third kappa shape index (κ3) is 9.10. The first-order valence-electron chi connectivity index (χ1n) is 14.7. The van der Waals surface area contributed by atoms with Crippen LogP contribution in [-0.4, -0.2) is 43.8 Å². The molecule has 0 saturated heterocycles. The third-order valence-electron chi connectivity index (χ3n) is 7.49. The topological polar surface area (TPSA) is 86.8 Å². The van der Waals surface area contributed by atoms with Crippen molar-refractivity contribution in [1.29, 1.82) is 0 Å². The molecule has 1 N–H and O–H groups in total. The molecule has 2 atom stereocenters. The van der Waals surface area contributed by atoms with Gasteiger partial charge in [0.15, 0.2) is 0 Å². The molecule has 0 aliphatic heterocycles. The molecule has 0 aliphatic rings. The van der Waals surface area contributed by atoms with E-state index in [9.17, 15) is 18.0 Å². The Hall–Kier alpha value is -3.85. The van der Waals surface area contributed by atoms with E-state index in [4.69, 9.17) is 23.2 Å². The van der Waals surface area contributed by atoms with Gasteiger partial charge >= 0.3 is 0 Å². The van der Waals surface area contributed by atoms with Crippen LogP contribution >= 0.6 is 23.2 Å². The third-order valence-corrected chi connectivity index (χ3v) is 9.72. The van der Waals surface area contributed by atoms with Gasteiger partial charge in [0.25, 0.3) is 10.0 Å². The zero-order valence-corrected chi connectivity index (χ0v) is 27.8. The van der Waals surface area contributed by atoms with Gasteiger partial charge in [0.2, 0.25) is 11.8 Å². The van der Waals surface area contributed by atoms with E-state index in [2.05, 4.69) is 5.32 Å². The molecule has 10 heteroatoms. The molecular weight excluding hydrogens is 629 g/mol. The van der Waals surface area contributed by atoms with Crippen molar-refractivity contribution in [3.63, 3.8) is 0 Å². The maximum absolute atomic E-state index is 14.5. The largest absolute Gasteiger partial charge is 0.352 e. The Morgan fingerprint density at radius 1 is 0.822 bits per heavy atom. The Balaban J connectivity index is 1.82. The molecule has 236 valence electrons. The van der Waals surface area contributed by atoms with E-state index in [1.54, 1.807) is 12.1 Å². The predicted molar refractivity (Wildman–Crippen MR) is 181 cm³/mol. The van der Waals surface area contributed by atoms with Crippen molar-refractivity contribution < 1.29 is 18.0 Å². The van der Waals surface area contributed by atoms with Gasteiger partial charge in [-0.05, 0) is 61.7 Å². The van der Waals surface area contributed by atoms with Gasteiger partial charge in [-0.2, -0.15) is 0 Å². The number of rotatable bonds is 13. The molecule has 0 fully saturated rings. The Morgan fingerprint density at radius 2 is 1.38 bits per heavy atom. The number of carbonyl (C=O) groups is 2. The van der Waals surface area contributed by atoms with Crippen LogP contribution < -0.4 is 9.62 Å². The molecule has 0 aliphatic carbocycles. The number of carbonyl (C=O) groups excluding carboxylic acids is 2. The molecule has 0 heterocycles. The number of aryl methyl sites for hydroxylation is 1. The zero-order chi connectivity index (χ0) is 32.6. The van der Waals surface area contributed by atoms with Gasteiger partial charge in [-0.1, -0.05) is 108 Å². The average molecular weight is 667 g/mol. The summed E-state index contributed by atoms with van der Waals surface area (Å²) in [5.41, 5.74) is 2.66. The van der Waals surface area contributed by atoms with Crippen molar-refractivity contribution in [3.05, 3.63) is 130 Å². The molecule has 45 heavy (non-hydrogen) atoms. The Labute approximate surface area is 275 Å². The molecule has 0 aromatic heterocycles. The average Bonchev–Trinajstić information content (AvgIpc) is 3.02. The van der Waals surface area contributed by atoms with Gasteiger partial charge in [0, 0.05) is 29.1 Å². The number of nitrogens with one attached hydrogen (secondary N) is 1. The number of anilines is 1. The summed E-state index contributed by atoms with van der Waals surface area (Å²) >= 11 is 12.6. The lowest BCUT2D eigenvalue weighted by Gasteiger charge is -2.34. The number of hydrogen-bond acceptors (Lipinski definition) is 4. The number of amides is 2. The molecule has 0 spiro atoms. The second-order valence-electron chi connectivity index (χ2n) is 11.0. The van der Waals surface area contributed by atoms with Crippen LogP contribution in [0.3, 0.4) is 0 Å². The van der Waals surface area contributed by atoms with Crippen molar-refractivity contribution in [1.82, 2.24) is 10.2 Å². The lowest BCUT2D eigenvalue weighted by atomic mass is 10.0. The summed E-state index contributed by atoms with van der Waals surface area (Å²) in [5.74, 6) is -0.887. The first-order valence-corrected chi connectivity index (χ1v) is 16.9. The van der Waals surface area contributed by atoms with E-state index in [0.717, 1.165) is 21.0 Å². The van der Waals surface area contributed by atoms with Crippen molar-refractivity contribution in [2.24, 2.45) is 0 Å². The van der Waals surface area contributed by atoms with Gasteiger partial charge in [0.05, 0.1) is 10.6 Å². The fraction of sp³-hybridized carbons (Fsp3) is 0.257. The van der Waals surface area contributed by atoms with Crippen LogP contribution in [0.5, 0.6) is 0 Å². The first kappa shape index (κ1) is 34.0. The van der Waals surface area contributed by atoms with Crippen LogP contribution in [0.25, 0.3) is 0 Å². The highest BCUT2D eigenvalue weighted by molar-refractivity contribution is 7.92. The summed E-state index contributed by atoms with van der Waals surface area (Å²) in [6.45, 7) is 5.21. The summed E-state index contributed by atoms with van der Waals surface area (Å²) in [6.07, 6.45) is 0.934. The molecule has 2 amide bonds. The van der Waals surface area contributed by atoms with Crippen LogP contribution in [-0.2, 0) is 32.6 Å². The maximum Gasteiger partial charge on any atom is 0.264 e. The van der Waals surface area contributed by atoms with E-state index < -0.39 is 28.5 Å². The van der Waals surface area contributed by atoms with Crippen LogP contribution in [0, 0.1) is 6.92 Å². The van der Waals surface area contributed by atoms with Crippen LogP contribution in [0.15, 0.2) is 108 Å². The monoisotopic (exact) mass is 665 g/mol. The number of sulfonamides is 1. The highest BCUT2D eigenvalue weighted by atomic mass is 35.5. The minimum absolute atomic E-state index is 0.00181. The number of halogens is 2. The fourth-order valence-corrected chi connectivity index (χ4v) is 6.74. The first-order chi connectivity index (χ1) is 21.5. The Kier molecular flexibility index (Phi) is 11.7. The molecule has 4 rings (SSSR count). The van der Waals surface area contributed by atoms with Crippen molar-refractivity contribution in [3.8, 4) is 0 Å². The van der Waals surface area contributed by atoms with Gasteiger partial charge in [-0.25, -0.2) is 8.42 Å². The van der Waals surface area contributed by atoms with Crippen molar-refractivity contribution in [2.45, 2.75) is 57.1 Å². The quantitative estimate of drug-likeness (QED) is 0.166. The number of benzene rings is 4. The normalized spacial score (nSPS) is 12.6. The molecular formula is C35H37Cl2N3O4S. The van der Waals surface area contributed by atoms with Crippen molar-refractivity contribution >= 4 is 50.7 Å². The standard InChI is InChI=1S/C35H37Cl2N3O4S/c1-4-26(3)38-35(42)33(19-27-11-7-5-8-12-27)39(23-28-13-9-6-10-14-28)34(41)24-40(31-21-29(36)20-30(37)22-31)45(43,44)32-17-15-25(2)16-18-32/h5-18,20-22,26,33H,4,19,23-24H2,1-3H3,(H,38,42)/t26-,33-/m1/s1. The molecule has 0 bridgehead atoms. The van der Waals surface area contributed by atoms with Crippen LogP contribution in [0.1, 0.15) is 37.0 Å². The highest BCUT2D eigenvalue weighted by Crippen LogP contribution is 2.30. The SMILES string of the molecule is CC[C@@H](C)NC(=O)[C@@H](Cc1ccccc1)N(Cc1ccccc1)C(=O)CN(c1cc(Cl)cc(Cl)c1)S(=O)(=O)c1ccc(C)cc1. The lowest BCUT2D eigenvalue weighted by Crippen LogP contribution is -2.54. The minimum Gasteiger partial charge on any atom is -0.352 e. The molecule has 4 aromatic carbocycles. The summed E-state index contributed by atoms with van der Waals surface area (Å²) in [6, 6.07) is 28.4. The Morgan fingerprint density at radius 3 is 1.93 bits per heavy atom. The van der Waals surface area contributed by atoms with E-state index >= 15 is 0 Å². The van der Waals surface area contributed by atoms with Gasteiger partial charge in [-0.3, -0.25) is 13.9 Å². The maximum atomic E-state index is 14.5. The van der Waals surface area contributed by atoms with Crippen molar-refractivity contribution in [2.75, 3.05) is 10.8 Å². The van der Waals surface area contributed by atoms with Crippen LogP contribution in [0.2, 0.25) is 10.0 Å². The summed E-state index contributed by atoms with van der Waals surface area (Å²) in [7, 11) is -4.27. The van der Waals surface area contributed by atoms with E-state index in [1.807, 2.05) is 81.4 Å². The second-order valence-corrected chi connectivity index (χ2v) is 13.7. The fourth-order valence-electron chi connectivity index (χ4n) is 4.82. The molecule has 0 unspecified atom stereocenters. The Bertz CT molecular complexity index is 1680. The summed E-state index contributed by atoms with van der Waals surface area (Å²) in [4.78, 5) is 29.8. The molecule has 0 saturated carbocycles. The van der Waals surface area contributed by atoms with E-state index in [1.165, 1.54) is 35.2 Å². The predicted octanol–water partition coefficient (Wildman–Crippen LogP) is 7.05. The zero-order valence-electron chi connectivity index (χ0n) is 25.5.